The van der Waals surface area contributed by atoms with Gasteiger partial charge in [0.25, 0.3) is 5.91 Å². The highest BCUT2D eigenvalue weighted by Gasteiger charge is 2.28. The smallest absolute Gasteiger partial charge is 0.251 e. The molecule has 4 rings (SSSR count). The van der Waals surface area contributed by atoms with E-state index in [0.29, 0.717) is 34.2 Å². The van der Waals surface area contributed by atoms with Gasteiger partial charge >= 0.3 is 0 Å². The fourth-order valence-corrected chi connectivity index (χ4v) is 3.65. The molecule has 0 aliphatic carbocycles. The zero-order valence-electron chi connectivity index (χ0n) is 19.7. The van der Waals surface area contributed by atoms with Gasteiger partial charge in [0.15, 0.2) is 11.5 Å². The van der Waals surface area contributed by atoms with Crippen molar-refractivity contribution in [2.24, 2.45) is 0 Å². The highest BCUT2D eigenvalue weighted by molar-refractivity contribution is 6.00. The molecular weight excluding hydrogens is 448 g/mol. The molecule has 0 bridgehead atoms. The minimum atomic E-state index is -0.878. The highest BCUT2D eigenvalue weighted by Crippen LogP contribution is 2.33. The number of carbonyl (C=O) groups excluding carboxylic acids is 2. The number of anilines is 1. The Kier molecular flexibility index (Phi) is 7.21. The molecule has 1 aliphatic rings. The number of ether oxygens (including phenoxy) is 4. The molecule has 3 aromatic carbocycles. The molecule has 0 radical (unpaired) electrons. The topological polar surface area (TPSA) is 86.3 Å². The van der Waals surface area contributed by atoms with Gasteiger partial charge in [0.2, 0.25) is 12.7 Å². The summed E-state index contributed by atoms with van der Waals surface area (Å²) in [4.78, 5) is 27.8. The molecule has 1 atom stereocenters. The van der Waals surface area contributed by atoms with E-state index >= 15 is 0 Å². The van der Waals surface area contributed by atoms with Crippen molar-refractivity contribution in [1.29, 1.82) is 0 Å². The molecule has 1 heterocycles. The molecule has 0 unspecified atom stereocenters. The van der Waals surface area contributed by atoms with Crippen molar-refractivity contribution in [3.8, 4) is 23.0 Å². The molecule has 0 saturated heterocycles. The molecule has 1 aliphatic heterocycles. The standard InChI is InChI=1S/C27H26N2O6/c1-29(25(30)15-5-18-4-14-23-24(16-18)35-17-34-23)26(19-6-10-21(32-2)11-7-19)27(31)28-20-8-12-22(33-3)13-9-20/h4-16,26H,17H2,1-3H3,(H,28,31)/b15-5-/t26-/m1/s1. The number of hydrogen-bond donors (Lipinski definition) is 1. The zero-order chi connectivity index (χ0) is 24.8. The van der Waals surface area contributed by atoms with Crippen LogP contribution >= 0.6 is 0 Å². The number of carbonyl (C=O) groups is 2. The number of methoxy groups -OCH3 is 2. The van der Waals surface area contributed by atoms with E-state index in [9.17, 15) is 9.59 Å². The van der Waals surface area contributed by atoms with Crippen LogP contribution in [0, 0.1) is 0 Å². The van der Waals surface area contributed by atoms with Gasteiger partial charge in [-0.05, 0) is 65.7 Å². The molecule has 35 heavy (non-hydrogen) atoms. The molecule has 8 nitrogen and oxygen atoms in total. The van der Waals surface area contributed by atoms with E-state index in [0.717, 1.165) is 5.56 Å². The Hall–Kier alpha value is -4.46. The van der Waals surface area contributed by atoms with Crippen LogP contribution in [0.3, 0.4) is 0 Å². The summed E-state index contributed by atoms with van der Waals surface area (Å²) in [5.41, 5.74) is 2.01. The molecule has 0 saturated carbocycles. The van der Waals surface area contributed by atoms with Crippen LogP contribution in [-0.2, 0) is 9.59 Å². The van der Waals surface area contributed by atoms with Crippen LogP contribution in [0.4, 0.5) is 5.69 Å². The van der Waals surface area contributed by atoms with E-state index in [1.165, 1.54) is 11.0 Å². The zero-order valence-corrected chi connectivity index (χ0v) is 19.7. The van der Waals surface area contributed by atoms with Crippen molar-refractivity contribution in [3.05, 3.63) is 83.9 Å². The van der Waals surface area contributed by atoms with E-state index in [-0.39, 0.29) is 18.6 Å². The number of nitrogens with one attached hydrogen (secondary N) is 1. The first-order chi connectivity index (χ1) is 17.0. The maximum absolute atomic E-state index is 13.3. The van der Waals surface area contributed by atoms with Crippen LogP contribution in [0.2, 0.25) is 0 Å². The summed E-state index contributed by atoms with van der Waals surface area (Å²) in [6.45, 7) is 0.178. The summed E-state index contributed by atoms with van der Waals surface area (Å²) in [5, 5.41) is 2.88. The van der Waals surface area contributed by atoms with Gasteiger partial charge in [-0.2, -0.15) is 0 Å². The van der Waals surface area contributed by atoms with Gasteiger partial charge in [-0.25, -0.2) is 0 Å². The predicted octanol–water partition coefficient (Wildman–Crippen LogP) is 4.28. The van der Waals surface area contributed by atoms with Crippen molar-refractivity contribution in [3.63, 3.8) is 0 Å². The minimum Gasteiger partial charge on any atom is -0.497 e. The first-order valence-corrected chi connectivity index (χ1v) is 10.9. The lowest BCUT2D eigenvalue weighted by molar-refractivity contribution is -0.133. The van der Waals surface area contributed by atoms with Crippen LogP contribution in [0.25, 0.3) is 6.08 Å². The summed E-state index contributed by atoms with van der Waals surface area (Å²) in [5.74, 6) is 1.93. The van der Waals surface area contributed by atoms with Gasteiger partial charge in [0.1, 0.15) is 17.5 Å². The molecule has 0 aromatic heterocycles. The summed E-state index contributed by atoms with van der Waals surface area (Å²) in [7, 11) is 4.74. The van der Waals surface area contributed by atoms with Crippen LogP contribution in [-0.4, -0.2) is 44.8 Å². The average Bonchev–Trinajstić information content (AvgIpc) is 3.36. The summed E-state index contributed by atoms with van der Waals surface area (Å²) in [6.07, 6.45) is 3.10. The average molecular weight is 475 g/mol. The molecular formula is C27H26N2O6. The Labute approximate surface area is 203 Å². The van der Waals surface area contributed by atoms with Crippen LogP contribution in [0.5, 0.6) is 23.0 Å². The second-order valence-corrected chi connectivity index (χ2v) is 7.79. The van der Waals surface area contributed by atoms with Crippen LogP contribution in [0.15, 0.2) is 72.8 Å². The first-order valence-electron chi connectivity index (χ1n) is 10.9. The summed E-state index contributed by atoms with van der Waals surface area (Å²) >= 11 is 0. The molecule has 180 valence electrons. The number of fused-ring (bicyclic) bond motifs is 1. The highest BCUT2D eigenvalue weighted by atomic mass is 16.7. The molecule has 3 aromatic rings. The van der Waals surface area contributed by atoms with Crippen molar-refractivity contribution in [2.75, 3.05) is 33.4 Å². The van der Waals surface area contributed by atoms with Gasteiger partial charge in [0.05, 0.1) is 14.2 Å². The first kappa shape index (κ1) is 23.7. The maximum Gasteiger partial charge on any atom is 0.251 e. The Balaban J connectivity index is 1.55. The summed E-state index contributed by atoms with van der Waals surface area (Å²) in [6, 6.07) is 18.6. The lowest BCUT2D eigenvalue weighted by atomic mass is 10.0. The number of nitrogens with zero attached hydrogens (tertiary/aromatic N) is 1. The molecule has 0 fully saturated rings. The van der Waals surface area contributed by atoms with Crippen molar-refractivity contribution < 1.29 is 28.5 Å². The largest absolute Gasteiger partial charge is 0.497 e. The van der Waals surface area contributed by atoms with Gasteiger partial charge in [-0.3, -0.25) is 9.59 Å². The van der Waals surface area contributed by atoms with Gasteiger partial charge in [-0.1, -0.05) is 18.2 Å². The Bertz CT molecular complexity index is 1220. The third-order valence-electron chi connectivity index (χ3n) is 5.59. The van der Waals surface area contributed by atoms with Crippen molar-refractivity contribution >= 4 is 23.6 Å². The van der Waals surface area contributed by atoms with Crippen molar-refractivity contribution in [2.45, 2.75) is 6.04 Å². The van der Waals surface area contributed by atoms with Crippen LogP contribution in [0.1, 0.15) is 17.2 Å². The maximum atomic E-state index is 13.3. The number of rotatable bonds is 8. The number of hydrogen-bond acceptors (Lipinski definition) is 6. The van der Waals surface area contributed by atoms with E-state index < -0.39 is 6.04 Å². The molecule has 8 heteroatoms. The lowest BCUT2D eigenvalue weighted by Crippen LogP contribution is -2.37. The Morgan fingerprint density at radius 1 is 0.914 bits per heavy atom. The van der Waals surface area contributed by atoms with Gasteiger partial charge in [0, 0.05) is 18.8 Å². The lowest BCUT2D eigenvalue weighted by Gasteiger charge is -2.27. The second-order valence-electron chi connectivity index (χ2n) is 7.79. The van der Waals surface area contributed by atoms with E-state index in [4.69, 9.17) is 18.9 Å². The SMILES string of the molecule is COc1ccc(NC(=O)[C@@H](c2ccc(OC)cc2)N(C)C(=O)/C=C\c2ccc3c(c2)OCO3)cc1. The number of benzene rings is 3. The monoisotopic (exact) mass is 474 g/mol. The second kappa shape index (κ2) is 10.6. The fourth-order valence-electron chi connectivity index (χ4n) is 3.65. The predicted molar refractivity (Wildman–Crippen MR) is 132 cm³/mol. The quantitative estimate of drug-likeness (QED) is 0.491. The van der Waals surface area contributed by atoms with E-state index in [2.05, 4.69) is 5.32 Å². The summed E-state index contributed by atoms with van der Waals surface area (Å²) < 4.78 is 21.1. The fraction of sp³-hybridized carbons (Fsp3) is 0.185. The number of amides is 2. The van der Waals surface area contributed by atoms with Crippen LogP contribution < -0.4 is 24.3 Å². The Morgan fingerprint density at radius 2 is 1.54 bits per heavy atom. The normalized spacial score (nSPS) is 12.8. The minimum absolute atomic E-state index is 0.178. The van der Waals surface area contributed by atoms with Gasteiger partial charge in [-0.15, -0.1) is 0 Å². The molecule has 2 amide bonds. The molecule has 1 N–H and O–H groups in total. The van der Waals surface area contributed by atoms with Gasteiger partial charge < -0.3 is 29.2 Å². The third kappa shape index (κ3) is 5.55. The van der Waals surface area contributed by atoms with E-state index in [1.54, 1.807) is 88.0 Å². The van der Waals surface area contributed by atoms with E-state index in [1.807, 2.05) is 6.07 Å². The van der Waals surface area contributed by atoms with Crippen molar-refractivity contribution in [1.82, 2.24) is 4.90 Å². The Morgan fingerprint density at radius 3 is 2.20 bits per heavy atom. The molecule has 0 spiro atoms. The number of likely N-dealkylation sites (N-methyl/N-ethyl adjacent to an activating group) is 1. The third-order valence-corrected chi connectivity index (χ3v) is 5.59.